The first-order chi connectivity index (χ1) is 9.69. The molecular weight excluding hydrogens is 382 g/mol. The zero-order valence-electron chi connectivity index (χ0n) is 13.0. The van der Waals surface area contributed by atoms with E-state index in [0.717, 1.165) is 37.7 Å². The highest BCUT2D eigenvalue weighted by atomic mass is 127. The first kappa shape index (κ1) is 20.1. The molecule has 4 nitrogen and oxygen atoms in total. The lowest BCUT2D eigenvalue weighted by atomic mass is 10.2. The van der Waals surface area contributed by atoms with Crippen molar-refractivity contribution in [3.05, 3.63) is 35.6 Å². The maximum absolute atomic E-state index is 13.1. The van der Waals surface area contributed by atoms with Gasteiger partial charge in [0.2, 0.25) is 0 Å². The second-order valence-corrected chi connectivity index (χ2v) is 4.51. The number of halogens is 2. The molecule has 0 aliphatic heterocycles. The monoisotopic (exact) mass is 408 g/mol. The lowest BCUT2D eigenvalue weighted by molar-refractivity contribution is 0.308. The Morgan fingerprint density at radius 1 is 1.24 bits per heavy atom. The third kappa shape index (κ3) is 8.21. The van der Waals surface area contributed by atoms with Crippen LogP contribution in [0.1, 0.15) is 19.4 Å². The summed E-state index contributed by atoms with van der Waals surface area (Å²) in [4.78, 5) is 6.50. The molecule has 0 aliphatic carbocycles. The van der Waals surface area contributed by atoms with Crippen LogP contribution in [-0.2, 0) is 6.54 Å². The highest BCUT2D eigenvalue weighted by Gasteiger charge is 2.01. The van der Waals surface area contributed by atoms with Crippen molar-refractivity contribution >= 4 is 29.9 Å². The summed E-state index contributed by atoms with van der Waals surface area (Å²) in [5.41, 5.74) is 0.900. The molecule has 0 saturated carbocycles. The Bertz CT molecular complexity index is 422. The number of nitrogens with one attached hydrogen (secondary N) is 2. The van der Waals surface area contributed by atoms with Gasteiger partial charge in [-0.15, -0.1) is 24.0 Å². The Hall–Kier alpha value is -0.890. The average Bonchev–Trinajstić information content (AvgIpc) is 2.47. The van der Waals surface area contributed by atoms with Crippen LogP contribution in [0.2, 0.25) is 0 Å². The van der Waals surface area contributed by atoms with Crippen LogP contribution >= 0.6 is 24.0 Å². The fourth-order valence-corrected chi connectivity index (χ4v) is 1.93. The molecular formula is C15H26FIN4. The lowest BCUT2D eigenvalue weighted by Gasteiger charge is -2.19. The van der Waals surface area contributed by atoms with Gasteiger partial charge in [0.05, 0.1) is 0 Å². The largest absolute Gasteiger partial charge is 0.355 e. The van der Waals surface area contributed by atoms with E-state index in [9.17, 15) is 4.39 Å². The second-order valence-electron chi connectivity index (χ2n) is 4.51. The fourth-order valence-electron chi connectivity index (χ4n) is 1.93. The minimum atomic E-state index is -0.214. The molecule has 0 amide bonds. The lowest BCUT2D eigenvalue weighted by Crippen LogP contribution is -2.41. The molecule has 0 heterocycles. The van der Waals surface area contributed by atoms with Crippen LogP contribution in [-0.4, -0.2) is 44.1 Å². The SMILES string of the molecule is CCN(CC)CCNC(=NC)NCc1cccc(F)c1.I. The van der Waals surface area contributed by atoms with Gasteiger partial charge in [-0.1, -0.05) is 26.0 Å². The van der Waals surface area contributed by atoms with E-state index in [1.807, 2.05) is 6.07 Å². The van der Waals surface area contributed by atoms with E-state index in [1.54, 1.807) is 13.1 Å². The first-order valence-corrected chi connectivity index (χ1v) is 7.10. The number of likely N-dealkylation sites (N-methyl/N-ethyl adjacent to an activating group) is 1. The van der Waals surface area contributed by atoms with Crippen LogP contribution in [0.25, 0.3) is 0 Å². The number of aliphatic imine (C=N–C) groups is 1. The summed E-state index contributed by atoms with van der Waals surface area (Å²) < 4.78 is 13.1. The number of guanidine groups is 1. The number of nitrogens with zero attached hydrogens (tertiary/aromatic N) is 2. The molecule has 0 atom stereocenters. The fraction of sp³-hybridized carbons (Fsp3) is 0.533. The van der Waals surface area contributed by atoms with Gasteiger partial charge in [0.1, 0.15) is 5.82 Å². The number of hydrogen-bond acceptors (Lipinski definition) is 2. The van der Waals surface area contributed by atoms with Gasteiger partial charge in [0.15, 0.2) is 5.96 Å². The molecule has 0 spiro atoms. The predicted octanol–water partition coefficient (Wildman–Crippen LogP) is 2.45. The zero-order chi connectivity index (χ0) is 14.8. The quantitative estimate of drug-likeness (QED) is 0.414. The van der Waals surface area contributed by atoms with Gasteiger partial charge in [0, 0.05) is 26.7 Å². The number of hydrogen-bond donors (Lipinski definition) is 2. The Morgan fingerprint density at radius 2 is 1.95 bits per heavy atom. The predicted molar refractivity (Wildman–Crippen MR) is 97.8 cm³/mol. The molecule has 0 aromatic heterocycles. The van der Waals surface area contributed by atoms with Crippen molar-refractivity contribution < 1.29 is 4.39 Å². The van der Waals surface area contributed by atoms with E-state index in [2.05, 4.69) is 34.4 Å². The molecule has 0 radical (unpaired) electrons. The van der Waals surface area contributed by atoms with Gasteiger partial charge < -0.3 is 15.5 Å². The summed E-state index contributed by atoms with van der Waals surface area (Å²) in [5.74, 6) is 0.523. The van der Waals surface area contributed by atoms with Crippen LogP contribution < -0.4 is 10.6 Å². The van der Waals surface area contributed by atoms with Gasteiger partial charge >= 0.3 is 0 Å². The number of benzene rings is 1. The second kappa shape index (κ2) is 11.7. The summed E-state index contributed by atoms with van der Waals surface area (Å²) in [7, 11) is 1.73. The summed E-state index contributed by atoms with van der Waals surface area (Å²) in [6.07, 6.45) is 0. The molecule has 6 heteroatoms. The van der Waals surface area contributed by atoms with Crippen molar-refractivity contribution in [3.8, 4) is 0 Å². The normalized spacial score (nSPS) is 11.2. The van der Waals surface area contributed by atoms with Gasteiger partial charge in [0.25, 0.3) is 0 Å². The Labute approximate surface area is 144 Å². The highest BCUT2D eigenvalue weighted by molar-refractivity contribution is 14.0. The molecule has 2 N–H and O–H groups in total. The van der Waals surface area contributed by atoms with Crippen molar-refractivity contribution in [1.82, 2.24) is 15.5 Å². The van der Waals surface area contributed by atoms with Gasteiger partial charge in [-0.3, -0.25) is 4.99 Å². The minimum Gasteiger partial charge on any atom is -0.355 e. The molecule has 0 saturated heterocycles. The zero-order valence-corrected chi connectivity index (χ0v) is 15.4. The van der Waals surface area contributed by atoms with Crippen LogP contribution in [0, 0.1) is 5.82 Å². The van der Waals surface area contributed by atoms with E-state index < -0.39 is 0 Å². The van der Waals surface area contributed by atoms with Crippen molar-refractivity contribution in [3.63, 3.8) is 0 Å². The first-order valence-electron chi connectivity index (χ1n) is 7.10. The highest BCUT2D eigenvalue weighted by Crippen LogP contribution is 2.02. The van der Waals surface area contributed by atoms with Crippen molar-refractivity contribution in [2.24, 2.45) is 4.99 Å². The molecule has 0 unspecified atom stereocenters. The molecule has 0 aliphatic rings. The van der Waals surface area contributed by atoms with Crippen molar-refractivity contribution in [2.45, 2.75) is 20.4 Å². The average molecular weight is 408 g/mol. The summed E-state index contributed by atoms with van der Waals surface area (Å²) in [6, 6.07) is 6.57. The standard InChI is InChI=1S/C15H25FN4.HI/c1-4-20(5-2)10-9-18-15(17-3)19-12-13-7-6-8-14(16)11-13;/h6-8,11H,4-5,9-10,12H2,1-3H3,(H2,17,18,19);1H. The van der Waals surface area contributed by atoms with Crippen molar-refractivity contribution in [2.75, 3.05) is 33.2 Å². The van der Waals surface area contributed by atoms with E-state index in [4.69, 9.17) is 0 Å². The third-order valence-corrected chi connectivity index (χ3v) is 3.19. The van der Waals surface area contributed by atoms with E-state index >= 15 is 0 Å². The van der Waals surface area contributed by atoms with Crippen LogP contribution in [0.3, 0.4) is 0 Å². The van der Waals surface area contributed by atoms with Gasteiger partial charge in [-0.25, -0.2) is 4.39 Å². The Balaban J connectivity index is 0.00000400. The molecule has 1 aromatic rings. The maximum Gasteiger partial charge on any atom is 0.191 e. The Morgan fingerprint density at radius 3 is 2.52 bits per heavy atom. The van der Waals surface area contributed by atoms with Crippen LogP contribution in [0.5, 0.6) is 0 Å². The van der Waals surface area contributed by atoms with E-state index in [-0.39, 0.29) is 29.8 Å². The summed E-state index contributed by atoms with van der Waals surface area (Å²) >= 11 is 0. The topological polar surface area (TPSA) is 39.7 Å². The molecule has 21 heavy (non-hydrogen) atoms. The molecule has 1 aromatic carbocycles. The van der Waals surface area contributed by atoms with Gasteiger partial charge in [-0.05, 0) is 30.8 Å². The Kier molecular flexibility index (Phi) is 11.2. The number of rotatable bonds is 7. The molecule has 120 valence electrons. The van der Waals surface area contributed by atoms with Crippen LogP contribution in [0.4, 0.5) is 4.39 Å². The van der Waals surface area contributed by atoms with E-state index in [1.165, 1.54) is 12.1 Å². The van der Waals surface area contributed by atoms with Crippen molar-refractivity contribution in [1.29, 1.82) is 0 Å². The summed E-state index contributed by atoms with van der Waals surface area (Å²) in [5, 5.41) is 6.43. The smallest absolute Gasteiger partial charge is 0.191 e. The summed E-state index contributed by atoms with van der Waals surface area (Å²) in [6.45, 7) is 8.78. The maximum atomic E-state index is 13.1. The van der Waals surface area contributed by atoms with Gasteiger partial charge in [-0.2, -0.15) is 0 Å². The minimum absolute atomic E-state index is 0. The third-order valence-electron chi connectivity index (χ3n) is 3.19. The molecule has 1 rings (SSSR count). The van der Waals surface area contributed by atoms with E-state index in [0.29, 0.717) is 6.54 Å². The molecule has 0 bridgehead atoms. The van der Waals surface area contributed by atoms with Crippen LogP contribution in [0.15, 0.2) is 29.3 Å². The molecule has 0 fully saturated rings.